The van der Waals surface area contributed by atoms with E-state index in [4.69, 9.17) is 4.42 Å². The van der Waals surface area contributed by atoms with Crippen LogP contribution in [0.2, 0.25) is 0 Å². The molecule has 134 valence electrons. The maximum absolute atomic E-state index is 13.1. The molecule has 0 aromatic carbocycles. The van der Waals surface area contributed by atoms with Crippen LogP contribution in [0.1, 0.15) is 47.0 Å². The van der Waals surface area contributed by atoms with Gasteiger partial charge in [0.05, 0.1) is 6.04 Å². The highest BCUT2D eigenvalue weighted by atomic mass is 19.4. The Labute approximate surface area is 142 Å². The molecule has 0 bridgehead atoms. The van der Waals surface area contributed by atoms with Crippen LogP contribution >= 0.6 is 0 Å². The number of rotatable bonds is 3. The predicted octanol–water partition coefficient (Wildman–Crippen LogP) is 4.14. The van der Waals surface area contributed by atoms with Gasteiger partial charge < -0.3 is 9.73 Å². The monoisotopic (exact) mass is 353 g/mol. The van der Waals surface area contributed by atoms with Crippen LogP contribution < -0.4 is 5.32 Å². The van der Waals surface area contributed by atoms with Gasteiger partial charge in [-0.05, 0) is 46.2 Å². The third kappa shape index (κ3) is 2.94. The lowest BCUT2D eigenvalue weighted by molar-refractivity contribution is -0.146. The first-order valence-corrected chi connectivity index (χ1v) is 7.73. The van der Waals surface area contributed by atoms with Crippen molar-refractivity contribution < 1.29 is 17.6 Å². The summed E-state index contributed by atoms with van der Waals surface area (Å²) in [6.45, 7) is 9.07. The first kappa shape index (κ1) is 17.2. The van der Waals surface area contributed by atoms with Crippen molar-refractivity contribution in [1.29, 1.82) is 0 Å². The number of halogens is 3. The molecule has 3 rings (SSSR count). The molecule has 3 heterocycles. The van der Waals surface area contributed by atoms with Crippen LogP contribution in [0.3, 0.4) is 0 Å². The summed E-state index contributed by atoms with van der Waals surface area (Å²) in [5.41, 5.74) is 2.33. The number of nitrogens with one attached hydrogen (secondary N) is 1. The van der Waals surface area contributed by atoms with Gasteiger partial charge in [-0.1, -0.05) is 0 Å². The molecule has 0 fully saturated rings. The Morgan fingerprint density at radius 2 is 1.80 bits per heavy atom. The van der Waals surface area contributed by atoms with Crippen molar-refractivity contribution in [3.05, 3.63) is 40.1 Å². The Balaban J connectivity index is 2.07. The number of aryl methyl sites for hydroxylation is 3. The molecule has 25 heavy (non-hydrogen) atoms. The van der Waals surface area contributed by atoms with Gasteiger partial charge in [-0.2, -0.15) is 17.7 Å². The maximum atomic E-state index is 13.1. The average Bonchev–Trinajstić information content (AvgIpc) is 3.07. The number of fused-ring (bicyclic) bond motifs is 1. The number of nitrogens with zero attached hydrogens (tertiary/aromatic N) is 4. The Bertz CT molecular complexity index is 942. The first-order chi connectivity index (χ1) is 11.6. The van der Waals surface area contributed by atoms with E-state index in [2.05, 4.69) is 20.6 Å². The lowest BCUT2D eigenvalue weighted by Crippen LogP contribution is -2.16. The minimum Gasteiger partial charge on any atom is -0.466 e. The third-order valence-electron chi connectivity index (χ3n) is 4.25. The molecule has 1 atom stereocenters. The van der Waals surface area contributed by atoms with E-state index < -0.39 is 12.0 Å². The van der Waals surface area contributed by atoms with E-state index in [1.807, 2.05) is 26.8 Å². The van der Waals surface area contributed by atoms with Crippen molar-refractivity contribution in [1.82, 2.24) is 19.8 Å². The molecular weight excluding hydrogens is 335 g/mol. The highest BCUT2D eigenvalue weighted by molar-refractivity contribution is 5.58. The van der Waals surface area contributed by atoms with E-state index in [-0.39, 0.29) is 11.7 Å². The van der Waals surface area contributed by atoms with Gasteiger partial charge in [0.15, 0.2) is 11.5 Å². The Morgan fingerprint density at radius 3 is 2.36 bits per heavy atom. The molecule has 3 aromatic heterocycles. The second-order valence-electron chi connectivity index (χ2n) is 6.09. The van der Waals surface area contributed by atoms with Gasteiger partial charge in [0.1, 0.15) is 11.5 Å². The fraction of sp³-hybridized carbons (Fsp3) is 0.438. The topological polar surface area (TPSA) is 68.2 Å². The smallest absolute Gasteiger partial charge is 0.453 e. The average molecular weight is 353 g/mol. The molecule has 0 amide bonds. The minimum absolute atomic E-state index is 0.0957. The van der Waals surface area contributed by atoms with Crippen LogP contribution in [0, 0.1) is 27.7 Å². The molecule has 0 radical (unpaired) electrons. The summed E-state index contributed by atoms with van der Waals surface area (Å²) in [7, 11) is 0. The molecule has 0 spiro atoms. The van der Waals surface area contributed by atoms with Gasteiger partial charge in [-0.3, -0.25) is 0 Å². The normalized spacial score (nSPS) is 13.4. The largest absolute Gasteiger partial charge is 0.466 e. The second-order valence-corrected chi connectivity index (χ2v) is 6.09. The fourth-order valence-electron chi connectivity index (χ4n) is 2.81. The summed E-state index contributed by atoms with van der Waals surface area (Å²) < 4.78 is 45.6. The number of hydrogen-bond acceptors (Lipinski definition) is 5. The lowest BCUT2D eigenvalue weighted by Gasteiger charge is -2.17. The SMILES string of the molecule is Cc1cc(C(C)Nc2nn3c(C(F)(F)F)nnc3c(C)c2C)c(C)o1. The van der Waals surface area contributed by atoms with Crippen LogP contribution in [-0.2, 0) is 6.18 Å². The van der Waals surface area contributed by atoms with E-state index in [0.717, 1.165) is 27.2 Å². The van der Waals surface area contributed by atoms with Crippen LogP contribution in [-0.4, -0.2) is 19.8 Å². The molecule has 0 aliphatic carbocycles. The van der Waals surface area contributed by atoms with E-state index in [1.54, 1.807) is 13.8 Å². The van der Waals surface area contributed by atoms with Crippen molar-refractivity contribution >= 4 is 11.5 Å². The number of hydrogen-bond donors (Lipinski definition) is 1. The zero-order valence-electron chi connectivity index (χ0n) is 14.5. The van der Waals surface area contributed by atoms with Crippen molar-refractivity contribution in [3.63, 3.8) is 0 Å². The molecule has 1 N–H and O–H groups in total. The van der Waals surface area contributed by atoms with E-state index in [9.17, 15) is 13.2 Å². The minimum atomic E-state index is -4.63. The number of anilines is 1. The summed E-state index contributed by atoms with van der Waals surface area (Å²) in [6.07, 6.45) is -4.63. The van der Waals surface area contributed by atoms with Crippen molar-refractivity contribution in [2.45, 2.75) is 46.8 Å². The van der Waals surface area contributed by atoms with E-state index in [1.165, 1.54) is 0 Å². The summed E-state index contributed by atoms with van der Waals surface area (Å²) >= 11 is 0. The third-order valence-corrected chi connectivity index (χ3v) is 4.25. The van der Waals surface area contributed by atoms with Gasteiger partial charge in [0.2, 0.25) is 0 Å². The summed E-state index contributed by atoms with van der Waals surface area (Å²) in [6, 6.07) is 1.71. The van der Waals surface area contributed by atoms with Gasteiger partial charge in [0.25, 0.3) is 5.82 Å². The summed E-state index contributed by atoms with van der Waals surface area (Å²) in [4.78, 5) is 0. The van der Waals surface area contributed by atoms with Crippen LogP contribution in [0.4, 0.5) is 19.0 Å². The number of furan rings is 1. The molecular formula is C16H18F3N5O. The van der Waals surface area contributed by atoms with Gasteiger partial charge in [-0.15, -0.1) is 15.3 Å². The highest BCUT2D eigenvalue weighted by Crippen LogP contribution is 2.31. The lowest BCUT2D eigenvalue weighted by atomic mass is 10.1. The predicted molar refractivity (Wildman–Crippen MR) is 85.5 cm³/mol. The second kappa shape index (κ2) is 5.75. The Hall–Kier alpha value is -2.58. The zero-order valence-corrected chi connectivity index (χ0v) is 14.5. The molecule has 0 aliphatic heterocycles. The molecule has 0 aliphatic rings. The number of aromatic nitrogens is 4. The molecule has 3 aromatic rings. The standard InChI is InChI=1S/C16H18F3N5O/c1-7-6-12(11(5)25-7)10(4)20-13-8(2)9(3)14-21-22-15(16(17,18)19)24(14)23-13/h6,10H,1-5H3,(H,20,23). The molecule has 9 heteroatoms. The van der Waals surface area contributed by atoms with Crippen LogP contribution in [0.5, 0.6) is 0 Å². The van der Waals surface area contributed by atoms with Gasteiger partial charge >= 0.3 is 6.18 Å². The first-order valence-electron chi connectivity index (χ1n) is 7.73. The quantitative estimate of drug-likeness (QED) is 0.766. The molecule has 6 nitrogen and oxygen atoms in total. The molecule has 1 unspecified atom stereocenters. The number of alkyl halides is 3. The van der Waals surface area contributed by atoms with E-state index in [0.29, 0.717) is 11.4 Å². The van der Waals surface area contributed by atoms with Crippen LogP contribution in [0.25, 0.3) is 5.65 Å². The summed E-state index contributed by atoms with van der Waals surface area (Å²) in [5, 5.41) is 14.1. The van der Waals surface area contributed by atoms with E-state index >= 15 is 0 Å². The van der Waals surface area contributed by atoms with Crippen molar-refractivity contribution in [2.75, 3.05) is 5.32 Å². The highest BCUT2D eigenvalue weighted by Gasteiger charge is 2.38. The van der Waals surface area contributed by atoms with Crippen LogP contribution in [0.15, 0.2) is 10.5 Å². The molecule has 0 saturated heterocycles. The maximum Gasteiger partial charge on any atom is 0.453 e. The molecule has 0 saturated carbocycles. The fourth-order valence-corrected chi connectivity index (χ4v) is 2.81. The van der Waals surface area contributed by atoms with Crippen molar-refractivity contribution in [3.8, 4) is 0 Å². The zero-order chi connectivity index (χ0) is 18.5. The summed E-state index contributed by atoms with van der Waals surface area (Å²) in [5.74, 6) is 0.738. The van der Waals surface area contributed by atoms with Crippen molar-refractivity contribution in [2.24, 2.45) is 0 Å². The Kier molecular flexibility index (Phi) is 3.97. The van der Waals surface area contributed by atoms with Gasteiger partial charge in [-0.25, -0.2) is 0 Å². The van der Waals surface area contributed by atoms with Gasteiger partial charge in [0, 0.05) is 11.1 Å². The Morgan fingerprint density at radius 1 is 1.12 bits per heavy atom.